The maximum absolute atomic E-state index is 6.16. The zero-order valence-corrected chi connectivity index (χ0v) is 15.7. The van der Waals surface area contributed by atoms with Gasteiger partial charge in [0.1, 0.15) is 24.3 Å². The summed E-state index contributed by atoms with van der Waals surface area (Å²) in [4.78, 5) is 6.83. The average Bonchev–Trinajstić information content (AvgIpc) is 2.54. The quantitative estimate of drug-likeness (QED) is 0.499. The molecule has 0 amide bonds. The van der Waals surface area contributed by atoms with Gasteiger partial charge in [-0.25, -0.2) is 9.56 Å². The van der Waals surface area contributed by atoms with Gasteiger partial charge in [0.05, 0.1) is 6.07 Å². The standard InChI is InChI=1S/C19H24N3O.ClH/c1-6-22(7-2)17-12-19-16(10-13(17)3)20-15-9-8-14(21(4)5)11-18(15)23-19;/h8-12H,6-7H2,1-5H3;1H/q+1;/p-1. The second-order valence-corrected chi connectivity index (χ2v) is 6.04. The third-order valence-corrected chi connectivity index (χ3v) is 4.30. The molecule has 0 saturated carbocycles. The van der Waals surface area contributed by atoms with E-state index in [9.17, 15) is 0 Å². The molecule has 1 aliphatic heterocycles. The fraction of sp³-hybridized carbons (Fsp3) is 0.368. The minimum Gasteiger partial charge on any atom is -1.00 e. The molecule has 0 aromatic heterocycles. The topological polar surface area (TPSA) is 32.3 Å². The van der Waals surface area contributed by atoms with E-state index in [-0.39, 0.29) is 12.4 Å². The molecule has 128 valence electrons. The second-order valence-electron chi connectivity index (χ2n) is 6.04. The highest BCUT2D eigenvalue weighted by Gasteiger charge is 2.14. The Morgan fingerprint density at radius 2 is 1.79 bits per heavy atom. The number of hydrogen-bond donors (Lipinski definition) is 0. The first kappa shape index (κ1) is 18.3. The van der Waals surface area contributed by atoms with Crippen LogP contribution in [0.4, 0.5) is 5.69 Å². The monoisotopic (exact) mass is 345 g/mol. The number of anilines is 1. The summed E-state index contributed by atoms with van der Waals surface area (Å²) >= 11 is 0. The molecule has 1 aromatic carbocycles. The van der Waals surface area contributed by atoms with E-state index in [1.165, 1.54) is 10.9 Å². The Morgan fingerprint density at radius 3 is 2.42 bits per heavy atom. The van der Waals surface area contributed by atoms with Crippen LogP contribution < -0.4 is 27.2 Å². The Labute approximate surface area is 149 Å². The molecule has 4 nitrogen and oxygen atoms in total. The summed E-state index contributed by atoms with van der Waals surface area (Å²) in [6.45, 7) is 8.44. The number of hydrogen-bond acceptors (Lipinski definition) is 3. The fourth-order valence-electron chi connectivity index (χ4n) is 2.94. The summed E-state index contributed by atoms with van der Waals surface area (Å²) < 4.78 is 8.49. The van der Waals surface area contributed by atoms with Crippen molar-refractivity contribution >= 4 is 16.8 Å². The van der Waals surface area contributed by atoms with E-state index in [1.54, 1.807) is 0 Å². The van der Waals surface area contributed by atoms with Crippen LogP contribution in [0.2, 0.25) is 0 Å². The van der Waals surface area contributed by atoms with Crippen molar-refractivity contribution in [3.8, 4) is 11.5 Å². The molecule has 2 aliphatic rings. The van der Waals surface area contributed by atoms with E-state index in [4.69, 9.17) is 9.40 Å². The molecule has 24 heavy (non-hydrogen) atoms. The smallest absolute Gasteiger partial charge is 0.206 e. The lowest BCUT2D eigenvalue weighted by molar-refractivity contribution is -0.00000546. The van der Waals surface area contributed by atoms with Gasteiger partial charge in [0.2, 0.25) is 5.36 Å². The average molecular weight is 346 g/mol. The molecule has 5 heteroatoms. The zero-order valence-electron chi connectivity index (χ0n) is 14.9. The number of benzene rings is 2. The maximum Gasteiger partial charge on any atom is 0.206 e. The number of fused-ring (bicyclic) bond motifs is 2. The van der Waals surface area contributed by atoms with Crippen molar-refractivity contribution in [1.29, 1.82) is 0 Å². The van der Waals surface area contributed by atoms with Crippen molar-refractivity contribution in [3.63, 3.8) is 0 Å². The molecule has 0 bridgehead atoms. The molecule has 1 aliphatic carbocycles. The maximum atomic E-state index is 6.16. The van der Waals surface area contributed by atoms with Crippen molar-refractivity contribution in [1.82, 2.24) is 9.56 Å². The van der Waals surface area contributed by atoms with Gasteiger partial charge >= 0.3 is 0 Å². The van der Waals surface area contributed by atoms with Crippen LogP contribution >= 0.6 is 0 Å². The minimum absolute atomic E-state index is 0. The lowest BCUT2D eigenvalue weighted by Crippen LogP contribution is -3.00. The van der Waals surface area contributed by atoms with Gasteiger partial charge < -0.3 is 21.7 Å². The predicted octanol–water partition coefficient (Wildman–Crippen LogP) is 0.123. The SMILES string of the molecule is CC[N+](CC)=c1cc2oc3cc(N(C)C)ccc3nc-2cc1C.[Cl-]. The summed E-state index contributed by atoms with van der Waals surface area (Å²) in [6.07, 6.45) is 0. The van der Waals surface area contributed by atoms with Crippen molar-refractivity contribution in [3.05, 3.63) is 41.3 Å². The third kappa shape index (κ3) is 3.24. The highest BCUT2D eigenvalue weighted by atomic mass is 35.5. The van der Waals surface area contributed by atoms with Crippen molar-refractivity contribution in [2.45, 2.75) is 20.8 Å². The predicted molar refractivity (Wildman–Crippen MR) is 96.0 cm³/mol. The number of halogens is 1. The van der Waals surface area contributed by atoms with E-state index < -0.39 is 0 Å². The van der Waals surface area contributed by atoms with Crippen molar-refractivity contribution < 1.29 is 16.8 Å². The molecule has 3 rings (SSSR count). The normalized spacial score (nSPS) is 10.7. The Balaban J connectivity index is 0.00000208. The van der Waals surface area contributed by atoms with E-state index in [2.05, 4.69) is 48.4 Å². The molecule has 0 fully saturated rings. The van der Waals surface area contributed by atoms with E-state index >= 15 is 0 Å². The number of rotatable bonds is 3. The van der Waals surface area contributed by atoms with Crippen LogP contribution in [0.1, 0.15) is 19.4 Å². The Hall–Kier alpha value is -2.07. The molecule has 1 aromatic rings. The van der Waals surface area contributed by atoms with Crippen molar-refractivity contribution in [2.75, 3.05) is 32.1 Å². The second kappa shape index (κ2) is 7.22. The molecule has 0 atom stereocenters. The van der Waals surface area contributed by atoms with Gasteiger partial charge in [-0.15, -0.1) is 0 Å². The molecule has 1 heterocycles. The molecular weight excluding hydrogens is 322 g/mol. The lowest BCUT2D eigenvalue weighted by Gasteiger charge is -2.13. The first-order valence-corrected chi connectivity index (χ1v) is 8.14. The molecule has 0 N–H and O–H groups in total. The lowest BCUT2D eigenvalue weighted by atomic mass is 10.1. The molecule has 0 radical (unpaired) electrons. The van der Waals surface area contributed by atoms with Crippen LogP contribution in [-0.4, -0.2) is 32.2 Å². The van der Waals surface area contributed by atoms with Gasteiger partial charge in [-0.1, -0.05) is 0 Å². The van der Waals surface area contributed by atoms with Crippen molar-refractivity contribution in [2.24, 2.45) is 0 Å². The summed E-state index contributed by atoms with van der Waals surface area (Å²) in [5, 5.41) is 1.22. The molecule has 0 saturated heterocycles. The molecule has 0 unspecified atom stereocenters. The van der Waals surface area contributed by atoms with Gasteiger partial charge in [-0.3, -0.25) is 0 Å². The molecule has 0 spiro atoms. The number of aromatic nitrogens is 1. The Kier molecular flexibility index (Phi) is 5.50. The third-order valence-electron chi connectivity index (χ3n) is 4.30. The first-order chi connectivity index (χ1) is 11.0. The van der Waals surface area contributed by atoms with E-state index in [1.807, 2.05) is 26.2 Å². The first-order valence-electron chi connectivity index (χ1n) is 8.14. The van der Waals surface area contributed by atoms with Gasteiger partial charge in [-0.05, 0) is 39.0 Å². The summed E-state index contributed by atoms with van der Waals surface area (Å²) in [5.41, 5.74) is 4.95. The summed E-state index contributed by atoms with van der Waals surface area (Å²) in [5.74, 6) is 0.834. The van der Waals surface area contributed by atoms with Crippen LogP contribution in [0, 0.1) is 6.92 Å². The Bertz CT molecular complexity index is 893. The highest BCUT2D eigenvalue weighted by Crippen LogP contribution is 2.26. The number of nitrogens with zero attached hydrogens (tertiary/aromatic N) is 3. The van der Waals surface area contributed by atoms with Gasteiger partial charge in [0.25, 0.3) is 0 Å². The summed E-state index contributed by atoms with van der Waals surface area (Å²) in [6, 6.07) is 10.4. The van der Waals surface area contributed by atoms with Crippen LogP contribution in [0.5, 0.6) is 0 Å². The van der Waals surface area contributed by atoms with Crippen LogP contribution in [0.15, 0.2) is 34.7 Å². The summed E-state index contributed by atoms with van der Waals surface area (Å²) in [7, 11) is 4.05. The fourth-order valence-corrected chi connectivity index (χ4v) is 2.94. The van der Waals surface area contributed by atoms with Crippen LogP contribution in [0.3, 0.4) is 0 Å². The zero-order chi connectivity index (χ0) is 16.6. The highest BCUT2D eigenvalue weighted by molar-refractivity contribution is 5.80. The largest absolute Gasteiger partial charge is 1.00 e. The van der Waals surface area contributed by atoms with Gasteiger partial charge in [0.15, 0.2) is 11.3 Å². The van der Waals surface area contributed by atoms with Crippen LogP contribution in [-0.2, 0) is 0 Å². The van der Waals surface area contributed by atoms with Crippen LogP contribution in [0.25, 0.3) is 22.6 Å². The van der Waals surface area contributed by atoms with Gasteiger partial charge in [-0.2, -0.15) is 0 Å². The van der Waals surface area contributed by atoms with Gasteiger partial charge in [0, 0.05) is 31.4 Å². The minimum atomic E-state index is 0. The van der Waals surface area contributed by atoms with E-state index in [0.717, 1.165) is 41.3 Å². The van der Waals surface area contributed by atoms with E-state index in [0.29, 0.717) is 0 Å². The Morgan fingerprint density at radius 1 is 1.08 bits per heavy atom. The number of aryl methyl sites for hydroxylation is 1. The molecular formula is C19H24ClN3O.